The van der Waals surface area contributed by atoms with E-state index in [9.17, 15) is 13.6 Å². The van der Waals surface area contributed by atoms with E-state index in [-0.39, 0.29) is 6.04 Å². The highest BCUT2D eigenvalue weighted by Crippen LogP contribution is 2.41. The first-order valence-corrected chi connectivity index (χ1v) is 11.5. The van der Waals surface area contributed by atoms with Crippen molar-refractivity contribution in [3.63, 3.8) is 0 Å². The Morgan fingerprint density at radius 2 is 1.75 bits per heavy atom. The number of aliphatic carboxylic acids is 1. The van der Waals surface area contributed by atoms with Gasteiger partial charge in [0.05, 0.1) is 6.04 Å². The zero-order valence-electron chi connectivity index (χ0n) is 17.7. The molecule has 32 heavy (non-hydrogen) atoms. The molecule has 6 nitrogen and oxygen atoms in total. The first-order chi connectivity index (χ1) is 15.4. The van der Waals surface area contributed by atoms with E-state index in [4.69, 9.17) is 9.84 Å². The fourth-order valence-electron chi connectivity index (χ4n) is 4.23. The predicted molar refractivity (Wildman–Crippen MR) is 123 cm³/mol. The van der Waals surface area contributed by atoms with Crippen molar-refractivity contribution in [3.8, 4) is 16.9 Å². The van der Waals surface area contributed by atoms with Gasteiger partial charge in [-0.2, -0.15) is 0 Å². The molecule has 2 unspecified atom stereocenters. The molecule has 4 rings (SSSR count). The fourth-order valence-corrected chi connectivity index (χ4v) is 4.95. The number of ether oxygens (including phenoxy) is 1. The summed E-state index contributed by atoms with van der Waals surface area (Å²) in [6.07, 6.45) is 2.16. The molecule has 7 heteroatoms. The third-order valence-electron chi connectivity index (χ3n) is 5.73. The monoisotopic (exact) mass is 450 g/mol. The van der Waals surface area contributed by atoms with Gasteiger partial charge in [0.25, 0.3) is 0 Å². The van der Waals surface area contributed by atoms with Crippen molar-refractivity contribution in [2.45, 2.75) is 32.2 Å². The van der Waals surface area contributed by atoms with Gasteiger partial charge in [0.2, 0.25) is 0 Å². The molecule has 0 fully saturated rings. The average Bonchev–Trinajstić information content (AvgIpc) is 2.79. The second-order valence-electron chi connectivity index (χ2n) is 7.87. The quantitative estimate of drug-likeness (QED) is 0.522. The summed E-state index contributed by atoms with van der Waals surface area (Å²) in [5.74, 6) is -0.549. The number of rotatable bonds is 7. The smallest absolute Gasteiger partial charge is 0.341 e. The topological polar surface area (TPSA) is 89.9 Å². The average molecular weight is 451 g/mol. The summed E-state index contributed by atoms with van der Waals surface area (Å²) >= 11 is -2.48. The molecule has 2 atom stereocenters. The Balaban J connectivity index is 1.66. The number of carboxylic acids is 1. The maximum atomic E-state index is 12.3. The van der Waals surface area contributed by atoms with Gasteiger partial charge >= 0.3 is 5.97 Å². The number of aryl methyl sites for hydroxylation is 1. The van der Waals surface area contributed by atoms with Crippen LogP contribution in [0.15, 0.2) is 66.7 Å². The van der Waals surface area contributed by atoms with E-state index in [2.05, 4.69) is 0 Å². The highest BCUT2D eigenvalue weighted by molar-refractivity contribution is 7.80. The van der Waals surface area contributed by atoms with Gasteiger partial charge in [-0.3, -0.25) is 8.51 Å². The standard InChI is InChI=1S/C25H25NO5S/c1-17-8-10-18(11-9-17)19-12-14-20(15-13-19)26(32(29)30)23-6-2-5-22-21(23)4-3-7-24(22)31-16-25(27)28/h3-4,7-15,23H,2,5-6,16H2,1H3,(H,27,28)(H,29,30)/p-1. The van der Waals surface area contributed by atoms with Gasteiger partial charge in [-0.05, 0) is 66.6 Å². The van der Waals surface area contributed by atoms with Crippen molar-refractivity contribution in [1.82, 2.24) is 0 Å². The highest BCUT2D eigenvalue weighted by Gasteiger charge is 2.29. The number of benzene rings is 3. The zero-order valence-corrected chi connectivity index (χ0v) is 18.5. The lowest BCUT2D eigenvalue weighted by Crippen LogP contribution is -2.33. The molecular weight excluding hydrogens is 426 g/mol. The number of hydrogen-bond donors (Lipinski definition) is 1. The normalized spacial score (nSPS) is 16.1. The lowest BCUT2D eigenvalue weighted by atomic mass is 9.87. The van der Waals surface area contributed by atoms with Crippen molar-refractivity contribution >= 4 is 22.9 Å². The predicted octanol–water partition coefficient (Wildman–Crippen LogP) is 4.80. The van der Waals surface area contributed by atoms with Crippen molar-refractivity contribution in [2.24, 2.45) is 0 Å². The SMILES string of the molecule is Cc1ccc(-c2ccc(N(C3CCCc4c(OCC(=O)O)cccc43)S(=O)[O-])cc2)cc1. The van der Waals surface area contributed by atoms with Gasteiger partial charge in [-0.25, -0.2) is 4.79 Å². The first kappa shape index (κ1) is 22.0. The van der Waals surface area contributed by atoms with Crippen LogP contribution in [-0.2, 0) is 22.5 Å². The number of fused-ring (bicyclic) bond motifs is 1. The fraction of sp³-hybridized carbons (Fsp3) is 0.240. The van der Waals surface area contributed by atoms with E-state index in [1.54, 1.807) is 12.1 Å². The van der Waals surface area contributed by atoms with Crippen LogP contribution in [-0.4, -0.2) is 26.4 Å². The maximum absolute atomic E-state index is 12.3. The number of nitrogens with zero attached hydrogens (tertiary/aromatic N) is 1. The van der Waals surface area contributed by atoms with Crippen molar-refractivity contribution in [1.29, 1.82) is 0 Å². The summed E-state index contributed by atoms with van der Waals surface area (Å²) in [4.78, 5) is 10.9. The van der Waals surface area contributed by atoms with Gasteiger partial charge in [-0.1, -0.05) is 54.1 Å². The van der Waals surface area contributed by atoms with Crippen molar-refractivity contribution in [3.05, 3.63) is 83.4 Å². The van der Waals surface area contributed by atoms with Crippen LogP contribution in [0.2, 0.25) is 0 Å². The van der Waals surface area contributed by atoms with E-state index in [0.717, 1.165) is 28.7 Å². The Morgan fingerprint density at radius 1 is 1.09 bits per heavy atom. The molecule has 1 N–H and O–H groups in total. The van der Waals surface area contributed by atoms with Crippen LogP contribution in [0, 0.1) is 6.92 Å². The Bertz CT molecular complexity index is 1130. The second-order valence-corrected chi connectivity index (χ2v) is 8.70. The molecule has 1 aliphatic rings. The van der Waals surface area contributed by atoms with E-state index in [1.807, 2.05) is 61.5 Å². The lowest BCUT2D eigenvalue weighted by Gasteiger charge is -2.38. The Labute approximate surface area is 189 Å². The van der Waals surface area contributed by atoms with E-state index in [0.29, 0.717) is 24.3 Å². The molecule has 0 spiro atoms. The van der Waals surface area contributed by atoms with Crippen molar-refractivity contribution in [2.75, 3.05) is 10.9 Å². The third-order valence-corrected chi connectivity index (χ3v) is 6.52. The van der Waals surface area contributed by atoms with E-state index in [1.165, 1.54) is 9.87 Å². The summed E-state index contributed by atoms with van der Waals surface area (Å²) in [5.41, 5.74) is 5.58. The molecule has 1 aliphatic carbocycles. The van der Waals surface area contributed by atoms with Crippen LogP contribution in [0.3, 0.4) is 0 Å². The largest absolute Gasteiger partial charge is 0.755 e. The Kier molecular flexibility index (Phi) is 6.58. The number of carboxylic acid groups (broad SMARTS) is 1. The Morgan fingerprint density at radius 3 is 2.38 bits per heavy atom. The third kappa shape index (κ3) is 4.69. The minimum Gasteiger partial charge on any atom is -0.755 e. The van der Waals surface area contributed by atoms with Crippen LogP contribution in [0.25, 0.3) is 11.1 Å². The molecule has 0 aliphatic heterocycles. The summed E-state index contributed by atoms with van der Waals surface area (Å²) in [5, 5.41) is 8.94. The van der Waals surface area contributed by atoms with Crippen molar-refractivity contribution < 1.29 is 23.4 Å². The van der Waals surface area contributed by atoms with Gasteiger partial charge in [-0.15, -0.1) is 0 Å². The molecule has 3 aromatic carbocycles. The van der Waals surface area contributed by atoms with E-state index >= 15 is 0 Å². The first-order valence-electron chi connectivity index (χ1n) is 10.5. The van der Waals surface area contributed by atoms with Gasteiger partial charge in [0.1, 0.15) is 5.75 Å². The summed E-state index contributed by atoms with van der Waals surface area (Å²) in [6.45, 7) is 1.60. The molecule has 166 valence electrons. The molecule has 0 heterocycles. The molecule has 3 aromatic rings. The van der Waals surface area contributed by atoms with E-state index < -0.39 is 23.8 Å². The maximum Gasteiger partial charge on any atom is 0.341 e. The van der Waals surface area contributed by atoms with Crippen LogP contribution >= 0.6 is 0 Å². The lowest BCUT2D eigenvalue weighted by molar-refractivity contribution is -0.139. The molecule has 0 amide bonds. The van der Waals surface area contributed by atoms with Crippen LogP contribution in [0.4, 0.5) is 5.69 Å². The Hall–Kier alpha value is -3.16. The van der Waals surface area contributed by atoms with Crippen LogP contribution < -0.4 is 9.04 Å². The summed E-state index contributed by atoms with van der Waals surface area (Å²) in [7, 11) is 0. The van der Waals surface area contributed by atoms with Gasteiger partial charge in [0.15, 0.2) is 6.61 Å². The zero-order chi connectivity index (χ0) is 22.7. The number of anilines is 1. The molecule has 0 saturated heterocycles. The molecule has 0 bridgehead atoms. The van der Waals surface area contributed by atoms with Gasteiger partial charge in [0, 0.05) is 17.0 Å². The molecule has 0 aromatic heterocycles. The van der Waals surface area contributed by atoms with Crippen LogP contribution in [0.1, 0.15) is 35.6 Å². The minimum absolute atomic E-state index is 0.379. The van der Waals surface area contributed by atoms with Crippen LogP contribution in [0.5, 0.6) is 5.75 Å². The number of hydrogen-bond acceptors (Lipinski definition) is 4. The summed E-state index contributed by atoms with van der Waals surface area (Å²) < 4.78 is 31.5. The minimum atomic E-state index is -2.48. The molecule has 0 radical (unpaired) electrons. The highest BCUT2D eigenvalue weighted by atomic mass is 32.2. The summed E-state index contributed by atoms with van der Waals surface area (Å²) in [6, 6.07) is 20.7. The molecular formula is C25H24NO5S-. The van der Waals surface area contributed by atoms with Gasteiger partial charge < -0.3 is 14.4 Å². The number of carbonyl (C=O) groups is 1. The molecule has 0 saturated carbocycles. The second kappa shape index (κ2) is 9.54.